The molecular weight excluding hydrogens is 410 g/mol. The molecule has 7 heteroatoms. The normalized spacial score (nSPS) is 23.3. The lowest BCUT2D eigenvalue weighted by Crippen LogP contribution is -2.42. The zero-order valence-electron chi connectivity index (χ0n) is 17.7. The fraction of sp³-hybridized carbons (Fsp3) is 0.417. The third-order valence-corrected chi connectivity index (χ3v) is 8.44. The van der Waals surface area contributed by atoms with Crippen LogP contribution in [0.2, 0.25) is 0 Å². The third kappa shape index (κ3) is 3.87. The summed E-state index contributed by atoms with van der Waals surface area (Å²) >= 11 is 0. The minimum Gasteiger partial charge on any atom is -0.358 e. The van der Waals surface area contributed by atoms with Gasteiger partial charge in [0.25, 0.3) is 0 Å². The number of aromatic nitrogens is 2. The zero-order chi connectivity index (χ0) is 21.6. The van der Waals surface area contributed by atoms with Crippen LogP contribution in [0.1, 0.15) is 36.4 Å². The lowest BCUT2D eigenvalue weighted by Gasteiger charge is -2.34. The monoisotopic (exact) mass is 437 g/mol. The molecule has 6 nitrogen and oxygen atoms in total. The summed E-state index contributed by atoms with van der Waals surface area (Å²) in [7, 11) is -3.07. The summed E-state index contributed by atoms with van der Waals surface area (Å²) in [4.78, 5) is 22.8. The lowest BCUT2D eigenvalue weighted by molar-refractivity contribution is -0.136. The van der Waals surface area contributed by atoms with Crippen LogP contribution in [0.4, 0.5) is 0 Å². The molecule has 0 spiro atoms. The second-order valence-electron chi connectivity index (χ2n) is 8.92. The van der Waals surface area contributed by atoms with Crippen molar-refractivity contribution >= 4 is 26.6 Å². The Hall–Kier alpha value is -2.67. The molecule has 0 aliphatic carbocycles. The van der Waals surface area contributed by atoms with Crippen molar-refractivity contribution in [2.45, 2.75) is 32.1 Å². The van der Waals surface area contributed by atoms with Crippen LogP contribution in [0.5, 0.6) is 0 Å². The molecule has 2 saturated heterocycles. The van der Waals surface area contributed by atoms with Gasteiger partial charge in [-0.1, -0.05) is 11.6 Å². The van der Waals surface area contributed by atoms with Gasteiger partial charge in [0, 0.05) is 53.6 Å². The minimum atomic E-state index is -3.07. The number of carbonyl (C=O) groups excluding carboxylic acids is 1. The lowest BCUT2D eigenvalue weighted by atomic mass is 9.89. The molecule has 162 valence electrons. The van der Waals surface area contributed by atoms with Crippen LogP contribution in [0.25, 0.3) is 22.0 Å². The second-order valence-corrected chi connectivity index (χ2v) is 11.2. The fourth-order valence-electron chi connectivity index (χ4n) is 5.12. The predicted octanol–water partition coefficient (Wildman–Crippen LogP) is 3.68. The van der Waals surface area contributed by atoms with E-state index >= 15 is 0 Å². The summed E-state index contributed by atoms with van der Waals surface area (Å²) in [5, 5.41) is 1.19. The van der Waals surface area contributed by atoms with Crippen LogP contribution in [0, 0.1) is 12.8 Å². The van der Waals surface area contributed by atoms with E-state index in [9.17, 15) is 13.2 Å². The predicted molar refractivity (Wildman–Crippen MR) is 122 cm³/mol. The number of likely N-dealkylation sites (tertiary alicyclic amines) is 1. The summed E-state index contributed by atoms with van der Waals surface area (Å²) in [6.45, 7) is 3.42. The van der Waals surface area contributed by atoms with Gasteiger partial charge in [0.15, 0.2) is 9.84 Å². The van der Waals surface area contributed by atoms with E-state index in [1.54, 1.807) is 0 Å². The van der Waals surface area contributed by atoms with Gasteiger partial charge in [-0.3, -0.25) is 9.78 Å². The number of carbonyl (C=O) groups is 1. The first-order valence-corrected chi connectivity index (χ1v) is 12.8. The fourth-order valence-corrected chi connectivity index (χ4v) is 6.86. The maximum absolute atomic E-state index is 13.1. The number of piperidine rings is 1. The zero-order valence-corrected chi connectivity index (χ0v) is 18.5. The Kier molecular flexibility index (Phi) is 5.08. The molecule has 0 saturated carbocycles. The van der Waals surface area contributed by atoms with Crippen molar-refractivity contribution in [1.29, 1.82) is 0 Å². The number of nitrogens with one attached hydrogen (secondary N) is 1. The number of aryl methyl sites for hydroxylation is 1. The summed E-state index contributed by atoms with van der Waals surface area (Å²) in [5.41, 5.74) is 5.76. The standard InChI is InChI=1S/C24H27N3O3S/c1-16-4-5-21-20(13-16)22(17-6-9-25-10-7-17)23(26-21)18-3-2-11-27(14-18)24(28)19-8-12-31(29,30)15-19/h4-7,9-10,13,18-19,26H,2-3,8,11-12,14-15H2,1H3/t18-,19+/m1/s1. The van der Waals surface area contributed by atoms with E-state index in [0.717, 1.165) is 29.6 Å². The summed E-state index contributed by atoms with van der Waals surface area (Å²) in [6.07, 6.45) is 5.99. The van der Waals surface area contributed by atoms with Gasteiger partial charge in [0.05, 0.1) is 17.4 Å². The SMILES string of the molecule is Cc1ccc2[nH]c([C@@H]3CCCN(C(=O)[C@H]4CCS(=O)(=O)C4)C3)c(-c3ccncc3)c2c1. The molecular formula is C24H27N3O3S. The van der Waals surface area contributed by atoms with E-state index in [-0.39, 0.29) is 29.2 Å². The average molecular weight is 438 g/mol. The van der Waals surface area contributed by atoms with Gasteiger partial charge < -0.3 is 9.88 Å². The summed E-state index contributed by atoms with van der Waals surface area (Å²) < 4.78 is 23.7. The molecule has 2 aliphatic heterocycles. The van der Waals surface area contributed by atoms with Crippen molar-refractivity contribution in [1.82, 2.24) is 14.9 Å². The number of hydrogen-bond acceptors (Lipinski definition) is 4. The van der Waals surface area contributed by atoms with Gasteiger partial charge in [-0.2, -0.15) is 0 Å². The molecule has 3 aromatic rings. The number of H-pyrrole nitrogens is 1. The molecule has 5 rings (SSSR count). The largest absolute Gasteiger partial charge is 0.358 e. The van der Waals surface area contributed by atoms with E-state index in [1.165, 1.54) is 16.5 Å². The van der Waals surface area contributed by atoms with Gasteiger partial charge in [0.2, 0.25) is 5.91 Å². The highest BCUT2D eigenvalue weighted by atomic mass is 32.2. The Morgan fingerprint density at radius 1 is 1.16 bits per heavy atom. The molecule has 1 aromatic carbocycles. The van der Waals surface area contributed by atoms with Crippen LogP contribution < -0.4 is 0 Å². The van der Waals surface area contributed by atoms with Gasteiger partial charge in [-0.25, -0.2) is 8.42 Å². The number of rotatable bonds is 3. The van der Waals surface area contributed by atoms with E-state index < -0.39 is 9.84 Å². The summed E-state index contributed by atoms with van der Waals surface area (Å²) in [5.74, 6) is -0.0571. The van der Waals surface area contributed by atoms with Crippen molar-refractivity contribution in [3.05, 3.63) is 54.0 Å². The number of hydrogen-bond donors (Lipinski definition) is 1. The Morgan fingerprint density at radius 2 is 1.97 bits per heavy atom. The van der Waals surface area contributed by atoms with Gasteiger partial charge in [-0.05, 0) is 56.0 Å². The molecule has 31 heavy (non-hydrogen) atoms. The molecule has 0 unspecified atom stereocenters. The Morgan fingerprint density at radius 3 is 2.71 bits per heavy atom. The van der Waals surface area contributed by atoms with Crippen LogP contribution in [-0.4, -0.2) is 53.8 Å². The molecule has 0 bridgehead atoms. The van der Waals surface area contributed by atoms with E-state index in [1.807, 2.05) is 29.4 Å². The average Bonchev–Trinajstić information content (AvgIpc) is 3.33. The van der Waals surface area contributed by atoms with Crippen molar-refractivity contribution in [3.8, 4) is 11.1 Å². The summed E-state index contributed by atoms with van der Waals surface area (Å²) in [6, 6.07) is 10.5. The number of pyridine rings is 1. The van der Waals surface area contributed by atoms with Gasteiger partial charge >= 0.3 is 0 Å². The highest BCUT2D eigenvalue weighted by molar-refractivity contribution is 7.91. The molecule has 2 fully saturated rings. The first-order chi connectivity index (χ1) is 14.9. The van der Waals surface area contributed by atoms with Gasteiger partial charge in [0.1, 0.15) is 0 Å². The Bertz CT molecular complexity index is 1230. The second kappa shape index (κ2) is 7.79. The molecule has 0 radical (unpaired) electrons. The molecule has 2 aliphatic rings. The van der Waals surface area contributed by atoms with Crippen LogP contribution in [-0.2, 0) is 14.6 Å². The minimum absolute atomic E-state index is 0.000923. The highest BCUT2D eigenvalue weighted by Gasteiger charge is 2.37. The third-order valence-electron chi connectivity index (χ3n) is 6.68. The number of nitrogens with zero attached hydrogens (tertiary/aromatic N) is 2. The molecule has 2 atom stereocenters. The number of benzene rings is 1. The van der Waals surface area contributed by atoms with Crippen molar-refractivity contribution < 1.29 is 13.2 Å². The first kappa shape index (κ1) is 20.2. The van der Waals surface area contributed by atoms with E-state index in [4.69, 9.17) is 0 Å². The smallest absolute Gasteiger partial charge is 0.226 e. The Labute approximate surface area is 182 Å². The molecule has 2 aromatic heterocycles. The number of aromatic amines is 1. The van der Waals surface area contributed by atoms with E-state index in [2.05, 4.69) is 35.1 Å². The van der Waals surface area contributed by atoms with Crippen LogP contribution in [0.3, 0.4) is 0 Å². The molecule has 1 amide bonds. The maximum Gasteiger partial charge on any atom is 0.226 e. The quantitative estimate of drug-likeness (QED) is 0.678. The van der Waals surface area contributed by atoms with Crippen molar-refractivity contribution in [2.75, 3.05) is 24.6 Å². The van der Waals surface area contributed by atoms with Gasteiger partial charge in [-0.15, -0.1) is 0 Å². The number of sulfone groups is 1. The molecule has 1 N–H and O–H groups in total. The molecule has 4 heterocycles. The Balaban J connectivity index is 1.50. The van der Waals surface area contributed by atoms with Crippen LogP contribution >= 0.6 is 0 Å². The topological polar surface area (TPSA) is 83.1 Å². The number of amides is 1. The number of fused-ring (bicyclic) bond motifs is 1. The van der Waals surface area contributed by atoms with E-state index in [0.29, 0.717) is 19.5 Å². The maximum atomic E-state index is 13.1. The van der Waals surface area contributed by atoms with Crippen LogP contribution in [0.15, 0.2) is 42.7 Å². The van der Waals surface area contributed by atoms with Crippen molar-refractivity contribution in [2.24, 2.45) is 5.92 Å². The van der Waals surface area contributed by atoms with Crippen molar-refractivity contribution in [3.63, 3.8) is 0 Å². The highest BCUT2D eigenvalue weighted by Crippen LogP contribution is 2.40. The first-order valence-electron chi connectivity index (χ1n) is 10.9.